The molecule has 0 N–H and O–H groups in total. The van der Waals surface area contributed by atoms with Crippen LogP contribution in [0.2, 0.25) is 0 Å². The number of hydrogen-bond acceptors (Lipinski definition) is 5. The van der Waals surface area contributed by atoms with Crippen LogP contribution in [0.25, 0.3) is 10.8 Å². The van der Waals surface area contributed by atoms with Gasteiger partial charge in [-0.15, -0.1) is 0 Å². The fourth-order valence-electron chi connectivity index (χ4n) is 3.17. The average molecular weight is 439 g/mol. The Labute approximate surface area is 180 Å². The minimum atomic E-state index is -3.48. The summed E-state index contributed by atoms with van der Waals surface area (Å²) in [5.74, 6) is 0.627. The van der Waals surface area contributed by atoms with E-state index < -0.39 is 10.0 Å². The molecule has 0 bridgehead atoms. The normalized spacial score (nSPS) is 11.8. The van der Waals surface area contributed by atoms with Gasteiger partial charge in [0.1, 0.15) is 18.6 Å². The van der Waals surface area contributed by atoms with Crippen LogP contribution in [0.3, 0.4) is 0 Å². The summed E-state index contributed by atoms with van der Waals surface area (Å²) in [6, 6.07) is 15.8. The van der Waals surface area contributed by atoms with Crippen LogP contribution >= 0.6 is 0 Å². The lowest BCUT2D eigenvalue weighted by molar-refractivity contribution is 0.289. The Balaban J connectivity index is 1.42. The molecule has 0 spiro atoms. The Morgan fingerprint density at radius 2 is 1.65 bits per heavy atom. The van der Waals surface area contributed by atoms with Crippen LogP contribution in [-0.2, 0) is 23.2 Å². The molecule has 0 aliphatic carbocycles. The molecule has 7 nitrogen and oxygen atoms in total. The maximum absolute atomic E-state index is 12.4. The monoisotopic (exact) mass is 438 g/mol. The van der Waals surface area contributed by atoms with Crippen molar-refractivity contribution in [2.45, 2.75) is 18.0 Å². The van der Waals surface area contributed by atoms with Gasteiger partial charge in [0.2, 0.25) is 21.2 Å². The molecule has 160 valence electrons. The average Bonchev–Trinajstić information content (AvgIpc) is 3.15. The first-order chi connectivity index (χ1) is 14.8. The maximum Gasteiger partial charge on any atom is 0.242 e. The number of rotatable bonds is 7. The van der Waals surface area contributed by atoms with Crippen LogP contribution in [0.15, 0.2) is 87.4 Å². The summed E-state index contributed by atoms with van der Waals surface area (Å²) < 4.78 is 38.5. The molecule has 0 atom stereocenters. The van der Waals surface area contributed by atoms with Crippen LogP contribution in [0.4, 0.5) is 0 Å². The standard InChI is InChI=1S/C23H22N2O5S/c1-24(2)31(27,28)21-9-7-17(8-10-21)15-30-23-16-29-20(11-22(23)26)14-25-12-18-5-3-4-6-19(18)13-25/h3-13,16H,14-15H2,1-2H3. The fourth-order valence-corrected chi connectivity index (χ4v) is 4.07. The third-order valence-corrected chi connectivity index (χ3v) is 6.72. The highest BCUT2D eigenvalue weighted by Crippen LogP contribution is 2.17. The second-order valence-electron chi connectivity index (χ2n) is 7.35. The first-order valence-corrected chi connectivity index (χ1v) is 11.1. The van der Waals surface area contributed by atoms with Crippen molar-refractivity contribution in [3.63, 3.8) is 0 Å². The Kier molecular flexibility index (Phi) is 5.67. The van der Waals surface area contributed by atoms with Gasteiger partial charge in [-0.05, 0) is 28.5 Å². The van der Waals surface area contributed by atoms with Crippen molar-refractivity contribution < 1.29 is 17.6 Å². The first-order valence-electron chi connectivity index (χ1n) is 9.63. The molecule has 4 aromatic rings. The van der Waals surface area contributed by atoms with Crippen molar-refractivity contribution in [2.24, 2.45) is 0 Å². The lowest BCUT2D eigenvalue weighted by Gasteiger charge is -2.12. The zero-order valence-electron chi connectivity index (χ0n) is 17.2. The van der Waals surface area contributed by atoms with Crippen LogP contribution in [0, 0.1) is 0 Å². The van der Waals surface area contributed by atoms with Crippen molar-refractivity contribution in [2.75, 3.05) is 14.1 Å². The summed E-state index contributed by atoms with van der Waals surface area (Å²) in [4.78, 5) is 12.6. The molecular formula is C23H22N2O5S. The molecule has 8 heteroatoms. The molecule has 0 fully saturated rings. The Hall–Kier alpha value is -3.36. The number of fused-ring (bicyclic) bond motifs is 1. The Morgan fingerprint density at radius 1 is 1.00 bits per heavy atom. The minimum absolute atomic E-state index is 0.103. The second kappa shape index (κ2) is 8.41. The highest BCUT2D eigenvalue weighted by Gasteiger charge is 2.16. The first kappa shape index (κ1) is 20.9. The van der Waals surface area contributed by atoms with E-state index in [1.165, 1.54) is 38.6 Å². The van der Waals surface area contributed by atoms with E-state index >= 15 is 0 Å². The second-order valence-corrected chi connectivity index (χ2v) is 9.51. The van der Waals surface area contributed by atoms with E-state index in [2.05, 4.69) is 0 Å². The smallest absolute Gasteiger partial charge is 0.242 e. The van der Waals surface area contributed by atoms with Gasteiger partial charge in [0.25, 0.3) is 0 Å². The molecule has 0 saturated heterocycles. The fraction of sp³-hybridized carbons (Fsp3) is 0.174. The van der Waals surface area contributed by atoms with Crippen LogP contribution in [-0.4, -0.2) is 31.4 Å². The maximum atomic E-state index is 12.4. The third-order valence-electron chi connectivity index (χ3n) is 4.89. The third kappa shape index (κ3) is 4.55. The minimum Gasteiger partial charge on any atom is -0.482 e. The lowest BCUT2D eigenvalue weighted by Crippen LogP contribution is -2.22. The molecule has 2 aromatic heterocycles. The molecule has 0 aliphatic rings. The van der Waals surface area contributed by atoms with Crippen molar-refractivity contribution in [1.29, 1.82) is 0 Å². The lowest BCUT2D eigenvalue weighted by atomic mass is 10.2. The topological polar surface area (TPSA) is 81.8 Å². The van der Waals surface area contributed by atoms with Gasteiger partial charge in [-0.3, -0.25) is 4.79 Å². The van der Waals surface area contributed by atoms with Gasteiger partial charge in [0, 0.05) is 32.6 Å². The quantitative estimate of drug-likeness (QED) is 0.441. The number of nitrogens with zero attached hydrogens (tertiary/aromatic N) is 2. The van der Waals surface area contributed by atoms with E-state index in [9.17, 15) is 13.2 Å². The molecule has 2 heterocycles. The van der Waals surface area contributed by atoms with Gasteiger partial charge in [0.15, 0.2) is 0 Å². The van der Waals surface area contributed by atoms with Crippen molar-refractivity contribution >= 4 is 20.8 Å². The zero-order chi connectivity index (χ0) is 22.0. The molecule has 0 radical (unpaired) electrons. The van der Waals surface area contributed by atoms with Crippen molar-refractivity contribution in [1.82, 2.24) is 8.87 Å². The zero-order valence-corrected chi connectivity index (χ0v) is 18.0. The van der Waals surface area contributed by atoms with E-state index in [0.29, 0.717) is 12.3 Å². The number of hydrogen-bond donors (Lipinski definition) is 0. The molecule has 31 heavy (non-hydrogen) atoms. The van der Waals surface area contributed by atoms with Gasteiger partial charge >= 0.3 is 0 Å². The number of ether oxygens (including phenoxy) is 1. The summed E-state index contributed by atoms with van der Waals surface area (Å²) in [6.45, 7) is 0.557. The SMILES string of the molecule is CN(C)S(=O)(=O)c1ccc(COc2coc(Cn3cc4ccccc4c3)cc2=O)cc1. The van der Waals surface area contributed by atoms with E-state index in [0.717, 1.165) is 20.6 Å². The Bertz CT molecular complexity index is 1340. The van der Waals surface area contributed by atoms with Gasteiger partial charge in [-0.25, -0.2) is 12.7 Å². The van der Waals surface area contributed by atoms with E-state index in [4.69, 9.17) is 9.15 Å². The summed E-state index contributed by atoms with van der Waals surface area (Å²) in [5.41, 5.74) is 0.463. The molecule has 2 aromatic carbocycles. The summed E-state index contributed by atoms with van der Waals surface area (Å²) in [5, 5.41) is 2.24. The summed E-state index contributed by atoms with van der Waals surface area (Å²) in [6.07, 6.45) is 5.31. The number of aromatic nitrogens is 1. The van der Waals surface area contributed by atoms with Gasteiger partial charge < -0.3 is 13.7 Å². The highest BCUT2D eigenvalue weighted by molar-refractivity contribution is 7.89. The Morgan fingerprint density at radius 3 is 2.23 bits per heavy atom. The predicted molar refractivity (Wildman–Crippen MR) is 118 cm³/mol. The summed E-state index contributed by atoms with van der Waals surface area (Å²) in [7, 11) is -0.521. The highest BCUT2D eigenvalue weighted by atomic mass is 32.2. The molecule has 4 rings (SSSR count). The summed E-state index contributed by atoms with van der Waals surface area (Å²) >= 11 is 0. The molecule has 0 saturated carbocycles. The molecule has 0 aliphatic heterocycles. The molecular weight excluding hydrogens is 416 g/mol. The van der Waals surface area contributed by atoms with Crippen LogP contribution < -0.4 is 10.2 Å². The molecule has 0 amide bonds. The van der Waals surface area contributed by atoms with Gasteiger partial charge in [-0.2, -0.15) is 0 Å². The van der Waals surface area contributed by atoms with Gasteiger partial charge in [-0.1, -0.05) is 36.4 Å². The van der Waals surface area contributed by atoms with E-state index in [1.807, 2.05) is 41.2 Å². The van der Waals surface area contributed by atoms with E-state index in [-0.39, 0.29) is 22.7 Å². The largest absolute Gasteiger partial charge is 0.482 e. The predicted octanol–water partition coefficient (Wildman–Crippen LogP) is 3.47. The van der Waals surface area contributed by atoms with Gasteiger partial charge in [0.05, 0.1) is 11.4 Å². The van der Waals surface area contributed by atoms with Crippen LogP contribution in [0.1, 0.15) is 11.3 Å². The molecule has 0 unspecified atom stereocenters. The number of sulfonamides is 1. The van der Waals surface area contributed by atoms with E-state index in [1.54, 1.807) is 12.1 Å². The number of benzene rings is 2. The van der Waals surface area contributed by atoms with Crippen molar-refractivity contribution in [3.8, 4) is 5.75 Å². The van der Waals surface area contributed by atoms with Crippen molar-refractivity contribution in [3.05, 3.63) is 94.8 Å². The van der Waals surface area contributed by atoms with Crippen LogP contribution in [0.5, 0.6) is 5.75 Å².